The van der Waals surface area contributed by atoms with Crippen molar-refractivity contribution in [3.05, 3.63) is 48.5 Å². The van der Waals surface area contributed by atoms with Crippen LogP contribution >= 0.6 is 0 Å². The molecule has 0 amide bonds. The molecule has 1 aromatic heterocycles. The van der Waals surface area contributed by atoms with Crippen LogP contribution in [0.5, 0.6) is 0 Å². The second-order valence-electron chi connectivity index (χ2n) is 5.56. The van der Waals surface area contributed by atoms with E-state index in [0.29, 0.717) is 6.42 Å². The fourth-order valence-electron chi connectivity index (χ4n) is 3.18. The van der Waals surface area contributed by atoms with Crippen LogP contribution in [0.15, 0.2) is 48.5 Å². The van der Waals surface area contributed by atoms with Gasteiger partial charge in [-0.15, -0.1) is 0 Å². The van der Waals surface area contributed by atoms with E-state index in [9.17, 15) is 9.59 Å². The number of ether oxygens (including phenoxy) is 1. The molecule has 0 aliphatic heterocycles. The first-order valence-corrected chi connectivity index (χ1v) is 7.78. The van der Waals surface area contributed by atoms with Gasteiger partial charge < -0.3 is 9.30 Å². The standard InChI is InChI=1S/C19H19NO3/c1-3-8-17(18(21)19(22)23-2)20-15-11-6-4-9-13(15)14-10-5-7-12-16(14)20/h4-7,9-12,17H,3,8H2,1-2H3. The van der Waals surface area contributed by atoms with Crippen LogP contribution in [0.3, 0.4) is 0 Å². The lowest BCUT2D eigenvalue weighted by Gasteiger charge is -2.18. The van der Waals surface area contributed by atoms with E-state index >= 15 is 0 Å². The topological polar surface area (TPSA) is 48.3 Å². The summed E-state index contributed by atoms with van der Waals surface area (Å²) in [5.41, 5.74) is 1.92. The van der Waals surface area contributed by atoms with Crippen molar-refractivity contribution >= 4 is 33.6 Å². The number of para-hydroxylation sites is 2. The maximum Gasteiger partial charge on any atom is 0.376 e. The number of benzene rings is 2. The molecule has 23 heavy (non-hydrogen) atoms. The molecule has 1 unspecified atom stereocenters. The number of fused-ring (bicyclic) bond motifs is 3. The van der Waals surface area contributed by atoms with Crippen LogP contribution in [0.25, 0.3) is 21.8 Å². The summed E-state index contributed by atoms with van der Waals surface area (Å²) < 4.78 is 6.64. The van der Waals surface area contributed by atoms with Crippen LogP contribution in [-0.2, 0) is 14.3 Å². The number of aromatic nitrogens is 1. The lowest BCUT2D eigenvalue weighted by Crippen LogP contribution is -2.27. The van der Waals surface area contributed by atoms with Gasteiger partial charge in [-0.1, -0.05) is 49.7 Å². The second kappa shape index (κ2) is 6.24. The average Bonchev–Trinajstić information content (AvgIpc) is 2.93. The summed E-state index contributed by atoms with van der Waals surface area (Å²) >= 11 is 0. The summed E-state index contributed by atoms with van der Waals surface area (Å²) in [5, 5.41) is 2.17. The maximum atomic E-state index is 12.6. The molecule has 0 spiro atoms. The summed E-state index contributed by atoms with van der Waals surface area (Å²) in [5.74, 6) is -1.29. The first-order chi connectivity index (χ1) is 11.2. The largest absolute Gasteiger partial charge is 0.463 e. The average molecular weight is 309 g/mol. The van der Waals surface area contributed by atoms with Crippen molar-refractivity contribution in [3.63, 3.8) is 0 Å². The highest BCUT2D eigenvalue weighted by Gasteiger charge is 2.29. The fraction of sp³-hybridized carbons (Fsp3) is 0.263. The minimum absolute atomic E-state index is 0.499. The molecular formula is C19H19NO3. The number of carbonyl (C=O) groups is 2. The number of hydrogen-bond donors (Lipinski definition) is 0. The molecule has 1 atom stereocenters. The molecule has 4 nitrogen and oxygen atoms in total. The molecular weight excluding hydrogens is 290 g/mol. The first kappa shape index (κ1) is 15.3. The summed E-state index contributed by atoms with van der Waals surface area (Å²) in [6.07, 6.45) is 1.39. The van der Waals surface area contributed by atoms with E-state index in [4.69, 9.17) is 0 Å². The molecule has 0 saturated carbocycles. The molecule has 0 fully saturated rings. The van der Waals surface area contributed by atoms with Gasteiger partial charge in [-0.25, -0.2) is 4.79 Å². The quantitative estimate of drug-likeness (QED) is 0.531. The number of carbonyl (C=O) groups excluding carboxylic acids is 2. The zero-order valence-electron chi connectivity index (χ0n) is 13.3. The van der Waals surface area contributed by atoms with Crippen molar-refractivity contribution in [2.45, 2.75) is 25.8 Å². The zero-order valence-corrected chi connectivity index (χ0v) is 13.3. The molecule has 0 aliphatic rings. The smallest absolute Gasteiger partial charge is 0.376 e. The van der Waals surface area contributed by atoms with Crippen LogP contribution in [0, 0.1) is 0 Å². The van der Waals surface area contributed by atoms with E-state index in [1.807, 2.05) is 60.0 Å². The van der Waals surface area contributed by atoms with Crippen molar-refractivity contribution in [2.75, 3.05) is 7.11 Å². The summed E-state index contributed by atoms with van der Waals surface area (Å²) in [7, 11) is 1.25. The van der Waals surface area contributed by atoms with Crippen LogP contribution in [0.1, 0.15) is 25.8 Å². The second-order valence-corrected chi connectivity index (χ2v) is 5.56. The minimum atomic E-state index is -0.787. The van der Waals surface area contributed by atoms with Gasteiger partial charge in [0, 0.05) is 21.8 Å². The third-order valence-electron chi connectivity index (χ3n) is 4.18. The molecule has 118 valence electrons. The Kier molecular flexibility index (Phi) is 4.15. The molecule has 1 heterocycles. The molecule has 0 saturated heterocycles. The normalized spacial score (nSPS) is 12.4. The Labute approximate surface area is 134 Å². The number of esters is 1. The lowest BCUT2D eigenvalue weighted by atomic mass is 10.1. The van der Waals surface area contributed by atoms with Crippen molar-refractivity contribution in [1.82, 2.24) is 4.57 Å². The van der Waals surface area contributed by atoms with Gasteiger partial charge in [-0.2, -0.15) is 0 Å². The van der Waals surface area contributed by atoms with Crippen LogP contribution in [-0.4, -0.2) is 23.4 Å². The van der Waals surface area contributed by atoms with Gasteiger partial charge in [0.05, 0.1) is 7.11 Å². The van der Waals surface area contributed by atoms with Crippen molar-refractivity contribution in [2.24, 2.45) is 0 Å². The molecule has 4 heteroatoms. The van der Waals surface area contributed by atoms with E-state index in [1.54, 1.807) is 0 Å². The van der Waals surface area contributed by atoms with Crippen molar-refractivity contribution in [3.8, 4) is 0 Å². The lowest BCUT2D eigenvalue weighted by molar-refractivity contribution is -0.153. The Morgan fingerprint density at radius 1 is 1.00 bits per heavy atom. The molecule has 0 bridgehead atoms. The Hall–Kier alpha value is -2.62. The summed E-state index contributed by atoms with van der Waals surface area (Å²) in [6, 6.07) is 15.4. The highest BCUT2D eigenvalue weighted by Crippen LogP contribution is 2.33. The van der Waals surface area contributed by atoms with Gasteiger partial charge in [-0.05, 0) is 18.6 Å². The first-order valence-electron chi connectivity index (χ1n) is 7.78. The predicted octanol–water partition coefficient (Wildman–Crippen LogP) is 3.88. The Balaban J connectivity index is 2.30. The van der Waals surface area contributed by atoms with Crippen molar-refractivity contribution in [1.29, 1.82) is 0 Å². The third kappa shape index (κ3) is 2.50. The highest BCUT2D eigenvalue weighted by molar-refractivity contribution is 6.35. The minimum Gasteiger partial charge on any atom is -0.463 e. The predicted molar refractivity (Wildman–Crippen MR) is 90.4 cm³/mol. The molecule has 3 rings (SSSR count). The van der Waals surface area contributed by atoms with Gasteiger partial charge >= 0.3 is 5.97 Å². The highest BCUT2D eigenvalue weighted by atomic mass is 16.5. The summed E-state index contributed by atoms with van der Waals surface area (Å²) in [6.45, 7) is 2.01. The summed E-state index contributed by atoms with van der Waals surface area (Å²) in [4.78, 5) is 24.4. The van der Waals surface area contributed by atoms with E-state index in [2.05, 4.69) is 4.74 Å². The number of nitrogens with zero attached hydrogens (tertiary/aromatic N) is 1. The number of Topliss-reactive ketones (excluding diaryl/α,β-unsaturated/α-hetero) is 1. The third-order valence-corrected chi connectivity index (χ3v) is 4.18. The Bertz CT molecular complexity index is 825. The number of methoxy groups -OCH3 is 1. The molecule has 0 N–H and O–H groups in total. The molecule has 0 aliphatic carbocycles. The Morgan fingerprint density at radius 2 is 1.52 bits per heavy atom. The van der Waals surface area contributed by atoms with Crippen LogP contribution < -0.4 is 0 Å². The molecule has 3 aromatic rings. The van der Waals surface area contributed by atoms with E-state index in [0.717, 1.165) is 28.2 Å². The SMILES string of the molecule is CCCC(C(=O)C(=O)OC)n1c2ccccc2c2ccccc21. The van der Waals surface area contributed by atoms with Crippen LogP contribution in [0.4, 0.5) is 0 Å². The van der Waals surface area contributed by atoms with E-state index in [-0.39, 0.29) is 0 Å². The Morgan fingerprint density at radius 3 is 2.00 bits per heavy atom. The van der Waals surface area contributed by atoms with Gasteiger partial charge in [0.1, 0.15) is 6.04 Å². The molecule has 0 radical (unpaired) electrons. The molecule has 2 aromatic carbocycles. The number of hydrogen-bond acceptors (Lipinski definition) is 3. The zero-order chi connectivity index (χ0) is 16.4. The van der Waals surface area contributed by atoms with Gasteiger partial charge in [0.2, 0.25) is 0 Å². The van der Waals surface area contributed by atoms with Gasteiger partial charge in [0.15, 0.2) is 0 Å². The van der Waals surface area contributed by atoms with E-state index in [1.165, 1.54) is 7.11 Å². The fourth-order valence-corrected chi connectivity index (χ4v) is 3.18. The van der Waals surface area contributed by atoms with Gasteiger partial charge in [-0.3, -0.25) is 4.79 Å². The maximum absolute atomic E-state index is 12.6. The van der Waals surface area contributed by atoms with Crippen molar-refractivity contribution < 1.29 is 14.3 Å². The number of rotatable bonds is 5. The van der Waals surface area contributed by atoms with Gasteiger partial charge in [0.25, 0.3) is 5.78 Å². The number of ketones is 1. The van der Waals surface area contributed by atoms with E-state index < -0.39 is 17.8 Å². The van der Waals surface area contributed by atoms with Crippen LogP contribution in [0.2, 0.25) is 0 Å². The monoisotopic (exact) mass is 309 g/mol.